The fourth-order valence-corrected chi connectivity index (χ4v) is 14.3. The Labute approximate surface area is 626 Å². The maximum atomic E-state index is 13.1. The highest BCUT2D eigenvalue weighted by Gasteiger charge is 2.30. The third-order valence-electron chi connectivity index (χ3n) is 20.0. The van der Waals surface area contributed by atoms with E-state index in [-0.39, 0.29) is 25.7 Å². The molecule has 606 valence electrons. The van der Waals surface area contributed by atoms with Crippen LogP contribution in [0.15, 0.2) is 0 Å². The molecule has 0 heterocycles. The van der Waals surface area contributed by atoms with E-state index in [1.807, 2.05) is 0 Å². The SMILES string of the molecule is CCC(C)CCCCCCCCCCCCCCCCC(=O)OC[C@H](COP(=O)(O)OC[C@@H](O)COP(=O)(O)OC[C@@H](COC(=O)CCCCCCCCCCC(C)C)OC(=O)CCCCCCCCCCCCCCC(C)C)OC(=O)CCCCCCCCCCCCCCCCC(C)CC. The molecular formula is C83H162O17P2. The quantitative estimate of drug-likeness (QED) is 0.0222. The van der Waals surface area contributed by atoms with E-state index in [4.69, 9.17) is 37.0 Å². The number of hydrogen-bond acceptors (Lipinski definition) is 15. The molecule has 4 unspecified atom stereocenters. The van der Waals surface area contributed by atoms with E-state index in [9.17, 15) is 43.2 Å². The van der Waals surface area contributed by atoms with Crippen molar-refractivity contribution in [2.24, 2.45) is 23.7 Å². The van der Waals surface area contributed by atoms with Gasteiger partial charge in [0, 0.05) is 25.7 Å². The van der Waals surface area contributed by atoms with Crippen LogP contribution in [0.3, 0.4) is 0 Å². The van der Waals surface area contributed by atoms with Crippen LogP contribution >= 0.6 is 15.6 Å². The van der Waals surface area contributed by atoms with Crippen molar-refractivity contribution in [1.82, 2.24) is 0 Å². The molecule has 0 aliphatic heterocycles. The van der Waals surface area contributed by atoms with Gasteiger partial charge in [0.15, 0.2) is 12.2 Å². The van der Waals surface area contributed by atoms with Crippen molar-refractivity contribution in [1.29, 1.82) is 0 Å². The molecule has 19 heteroatoms. The van der Waals surface area contributed by atoms with Gasteiger partial charge in [-0.3, -0.25) is 37.3 Å². The van der Waals surface area contributed by atoms with Crippen LogP contribution in [0.25, 0.3) is 0 Å². The van der Waals surface area contributed by atoms with Gasteiger partial charge in [0.25, 0.3) is 0 Å². The summed E-state index contributed by atoms with van der Waals surface area (Å²) in [6, 6.07) is 0. The normalized spacial score (nSPS) is 14.5. The fraction of sp³-hybridized carbons (Fsp3) is 0.952. The number of esters is 4. The second-order valence-corrected chi connectivity index (χ2v) is 34.2. The van der Waals surface area contributed by atoms with E-state index < -0.39 is 97.5 Å². The van der Waals surface area contributed by atoms with Crippen LogP contribution in [0.5, 0.6) is 0 Å². The van der Waals surface area contributed by atoms with E-state index in [0.29, 0.717) is 25.7 Å². The van der Waals surface area contributed by atoms with Crippen molar-refractivity contribution in [2.45, 2.75) is 446 Å². The van der Waals surface area contributed by atoms with Gasteiger partial charge in [-0.15, -0.1) is 0 Å². The van der Waals surface area contributed by atoms with Crippen molar-refractivity contribution < 1.29 is 80.2 Å². The standard InChI is InChI=1S/C83H162O17P2/c1-9-75(7)61-53-45-37-28-22-15-11-13-17-24-30-39-47-55-63-80(85)93-69-78(99-82(87)65-57-49-41-31-25-18-14-12-16-23-29-38-46-54-62-76(8)10-2)71-97-101(89,90)95-67-77(84)68-96-102(91,92)98-72-79(70-94-81(86)64-56-48-40-34-33-36-44-52-60-74(5)6)100-83(88)66-58-50-42-32-26-20-19-21-27-35-43-51-59-73(3)4/h73-79,84H,9-72H2,1-8H3,(H,89,90)(H,91,92)/t75?,76?,77-,78-,79-/m1/s1. The van der Waals surface area contributed by atoms with Crippen LogP contribution in [0.2, 0.25) is 0 Å². The second-order valence-electron chi connectivity index (χ2n) is 31.3. The Balaban J connectivity index is 5.26. The first-order chi connectivity index (χ1) is 49.2. The third-order valence-corrected chi connectivity index (χ3v) is 21.9. The maximum absolute atomic E-state index is 13.1. The summed E-state index contributed by atoms with van der Waals surface area (Å²) >= 11 is 0. The first kappa shape index (κ1) is 100. The molecular weight excluding hydrogens is 1330 g/mol. The van der Waals surface area contributed by atoms with Gasteiger partial charge < -0.3 is 33.8 Å². The molecule has 0 saturated heterocycles. The minimum absolute atomic E-state index is 0.106. The fourth-order valence-electron chi connectivity index (χ4n) is 12.7. The molecule has 0 amide bonds. The second kappa shape index (κ2) is 72.0. The van der Waals surface area contributed by atoms with Crippen LogP contribution in [0.1, 0.15) is 428 Å². The highest BCUT2D eigenvalue weighted by molar-refractivity contribution is 7.47. The number of phosphoric ester groups is 2. The zero-order valence-corrected chi connectivity index (χ0v) is 69.0. The number of ether oxygens (including phenoxy) is 4. The van der Waals surface area contributed by atoms with Gasteiger partial charge in [0.2, 0.25) is 0 Å². The number of aliphatic hydroxyl groups excluding tert-OH is 1. The molecule has 7 atom stereocenters. The van der Waals surface area contributed by atoms with Crippen LogP contribution in [0, 0.1) is 23.7 Å². The van der Waals surface area contributed by atoms with Crippen LogP contribution in [-0.4, -0.2) is 96.7 Å². The molecule has 0 aliphatic rings. The lowest BCUT2D eigenvalue weighted by molar-refractivity contribution is -0.161. The van der Waals surface area contributed by atoms with Crippen LogP contribution in [-0.2, 0) is 65.4 Å². The molecule has 102 heavy (non-hydrogen) atoms. The van der Waals surface area contributed by atoms with Crippen molar-refractivity contribution in [3.05, 3.63) is 0 Å². The molecule has 0 radical (unpaired) electrons. The first-order valence-corrected chi connectivity index (χ1v) is 45.8. The molecule has 3 N–H and O–H groups in total. The van der Waals surface area contributed by atoms with Crippen LogP contribution in [0.4, 0.5) is 0 Å². The Kier molecular flexibility index (Phi) is 70.6. The third kappa shape index (κ3) is 73.6. The predicted molar refractivity (Wildman–Crippen MR) is 418 cm³/mol. The molecule has 0 saturated carbocycles. The number of carbonyl (C=O) groups is 4. The summed E-state index contributed by atoms with van der Waals surface area (Å²) in [4.78, 5) is 73.1. The summed E-state index contributed by atoms with van der Waals surface area (Å²) in [6.45, 7) is 14.3. The summed E-state index contributed by atoms with van der Waals surface area (Å²) in [5, 5.41) is 10.7. The van der Waals surface area contributed by atoms with E-state index in [2.05, 4.69) is 55.4 Å². The van der Waals surface area contributed by atoms with Gasteiger partial charge >= 0.3 is 39.5 Å². The number of rotatable bonds is 80. The van der Waals surface area contributed by atoms with Crippen molar-refractivity contribution in [3.63, 3.8) is 0 Å². The predicted octanol–water partition coefficient (Wildman–Crippen LogP) is 24.8. The lowest BCUT2D eigenvalue weighted by Crippen LogP contribution is -2.30. The number of aliphatic hydroxyl groups is 1. The van der Waals surface area contributed by atoms with E-state index in [1.54, 1.807) is 0 Å². The smallest absolute Gasteiger partial charge is 0.462 e. The minimum Gasteiger partial charge on any atom is -0.462 e. The highest BCUT2D eigenvalue weighted by Crippen LogP contribution is 2.45. The van der Waals surface area contributed by atoms with Gasteiger partial charge in [0.05, 0.1) is 26.4 Å². The lowest BCUT2D eigenvalue weighted by Gasteiger charge is -2.21. The molecule has 0 rings (SSSR count). The number of phosphoric acid groups is 2. The molecule has 0 spiro atoms. The van der Waals surface area contributed by atoms with Crippen molar-refractivity contribution in [3.8, 4) is 0 Å². The lowest BCUT2D eigenvalue weighted by atomic mass is 9.99. The highest BCUT2D eigenvalue weighted by atomic mass is 31.2. The monoisotopic (exact) mass is 1490 g/mol. The zero-order chi connectivity index (χ0) is 75.3. The molecule has 0 aromatic carbocycles. The van der Waals surface area contributed by atoms with E-state index >= 15 is 0 Å². The summed E-state index contributed by atoms with van der Waals surface area (Å²) in [6.07, 6.45) is 59.5. The first-order valence-electron chi connectivity index (χ1n) is 42.8. The Morgan fingerprint density at radius 1 is 0.275 bits per heavy atom. The Morgan fingerprint density at radius 3 is 0.696 bits per heavy atom. The molecule has 0 aliphatic carbocycles. The van der Waals surface area contributed by atoms with Gasteiger partial charge in [-0.05, 0) is 49.4 Å². The van der Waals surface area contributed by atoms with Gasteiger partial charge in [-0.25, -0.2) is 9.13 Å². The number of carbonyl (C=O) groups excluding carboxylic acids is 4. The molecule has 0 fully saturated rings. The number of hydrogen-bond donors (Lipinski definition) is 3. The topological polar surface area (TPSA) is 237 Å². The maximum Gasteiger partial charge on any atom is 0.472 e. The molecule has 0 aromatic heterocycles. The summed E-state index contributed by atoms with van der Waals surface area (Å²) in [5.41, 5.74) is 0. The van der Waals surface area contributed by atoms with Gasteiger partial charge in [0.1, 0.15) is 19.3 Å². The Bertz CT molecular complexity index is 1990. The van der Waals surface area contributed by atoms with E-state index in [1.165, 1.54) is 231 Å². The zero-order valence-electron chi connectivity index (χ0n) is 67.2. The summed E-state index contributed by atoms with van der Waals surface area (Å²) in [5.74, 6) is 1.09. The average Bonchev–Trinajstić information content (AvgIpc) is 0.921. The summed E-state index contributed by atoms with van der Waals surface area (Å²) < 4.78 is 68.8. The average molecular weight is 1490 g/mol. The largest absolute Gasteiger partial charge is 0.472 e. The van der Waals surface area contributed by atoms with Gasteiger partial charge in [-0.2, -0.15) is 0 Å². The molecule has 17 nitrogen and oxygen atoms in total. The van der Waals surface area contributed by atoms with Gasteiger partial charge in [-0.1, -0.05) is 376 Å². The number of unbranched alkanes of at least 4 members (excludes halogenated alkanes) is 44. The molecule has 0 bridgehead atoms. The minimum atomic E-state index is -4.96. The van der Waals surface area contributed by atoms with Crippen molar-refractivity contribution >= 4 is 39.5 Å². The Hall–Kier alpha value is -1.94. The van der Waals surface area contributed by atoms with E-state index in [0.717, 1.165) is 114 Å². The van der Waals surface area contributed by atoms with Crippen LogP contribution < -0.4 is 0 Å². The van der Waals surface area contributed by atoms with Crippen molar-refractivity contribution in [2.75, 3.05) is 39.6 Å². The molecule has 0 aromatic rings. The Morgan fingerprint density at radius 2 is 0.471 bits per heavy atom. The summed E-state index contributed by atoms with van der Waals surface area (Å²) in [7, 11) is -9.93.